The van der Waals surface area contributed by atoms with E-state index in [4.69, 9.17) is 4.74 Å². The second-order valence-corrected chi connectivity index (χ2v) is 5.67. The summed E-state index contributed by atoms with van der Waals surface area (Å²) in [7, 11) is 1.60. The van der Waals surface area contributed by atoms with E-state index in [1.54, 1.807) is 31.5 Å². The van der Waals surface area contributed by atoms with Gasteiger partial charge in [-0.2, -0.15) is 0 Å². The van der Waals surface area contributed by atoms with Crippen LogP contribution in [0.3, 0.4) is 0 Å². The maximum absolute atomic E-state index is 9.84. The number of aromatic hydroxyl groups is 1. The van der Waals surface area contributed by atoms with Crippen molar-refractivity contribution < 1.29 is 9.84 Å². The van der Waals surface area contributed by atoms with Gasteiger partial charge in [0.05, 0.1) is 13.7 Å². The number of aliphatic imine (C=N–C) groups is 1. The van der Waals surface area contributed by atoms with Crippen LogP contribution in [0, 0.1) is 0 Å². The van der Waals surface area contributed by atoms with Crippen molar-refractivity contribution >= 4 is 6.21 Å². The Labute approximate surface area is 144 Å². The third-order valence-corrected chi connectivity index (χ3v) is 4.06. The summed E-state index contributed by atoms with van der Waals surface area (Å²) in [4.78, 5) is 6.81. The van der Waals surface area contributed by atoms with Gasteiger partial charge in [0, 0.05) is 18.3 Å². The van der Waals surface area contributed by atoms with E-state index in [0.717, 1.165) is 25.2 Å². The minimum atomic E-state index is 0.203. The fourth-order valence-electron chi connectivity index (χ4n) is 2.47. The lowest BCUT2D eigenvalue weighted by Gasteiger charge is -2.17. The van der Waals surface area contributed by atoms with E-state index >= 15 is 0 Å². The first-order valence-corrected chi connectivity index (χ1v) is 8.33. The van der Waals surface area contributed by atoms with E-state index in [0.29, 0.717) is 17.9 Å². The van der Waals surface area contributed by atoms with E-state index in [2.05, 4.69) is 48.0 Å². The fourth-order valence-corrected chi connectivity index (χ4v) is 2.47. The van der Waals surface area contributed by atoms with Crippen LogP contribution in [-0.2, 0) is 13.1 Å². The van der Waals surface area contributed by atoms with Crippen LogP contribution in [0.4, 0.5) is 0 Å². The summed E-state index contributed by atoms with van der Waals surface area (Å²) in [5.41, 5.74) is 3.13. The molecule has 4 nitrogen and oxygen atoms in total. The predicted molar refractivity (Wildman–Crippen MR) is 99.0 cm³/mol. The van der Waals surface area contributed by atoms with Crippen LogP contribution < -0.4 is 4.74 Å². The predicted octanol–water partition coefficient (Wildman–Crippen LogP) is 3.86. The van der Waals surface area contributed by atoms with Crippen molar-refractivity contribution in [3.8, 4) is 11.5 Å². The Morgan fingerprint density at radius 1 is 1.04 bits per heavy atom. The molecule has 0 heterocycles. The lowest BCUT2D eigenvalue weighted by Crippen LogP contribution is -2.21. The van der Waals surface area contributed by atoms with Gasteiger partial charge in [-0.1, -0.05) is 38.1 Å². The molecule has 0 saturated carbocycles. The number of hydrogen-bond acceptors (Lipinski definition) is 4. The highest BCUT2D eigenvalue weighted by Crippen LogP contribution is 2.21. The number of rotatable bonds is 8. The molecule has 0 amide bonds. The van der Waals surface area contributed by atoms with Crippen molar-refractivity contribution in [2.45, 2.75) is 26.9 Å². The van der Waals surface area contributed by atoms with Gasteiger partial charge in [0.1, 0.15) is 11.5 Å². The van der Waals surface area contributed by atoms with Crippen LogP contribution in [0.1, 0.15) is 30.5 Å². The summed E-state index contributed by atoms with van der Waals surface area (Å²) < 4.78 is 5.16. The number of benzene rings is 2. The highest BCUT2D eigenvalue weighted by Gasteiger charge is 2.02. The van der Waals surface area contributed by atoms with Crippen molar-refractivity contribution in [2.24, 2.45) is 4.99 Å². The van der Waals surface area contributed by atoms with Crippen LogP contribution >= 0.6 is 0 Å². The van der Waals surface area contributed by atoms with Crippen molar-refractivity contribution in [1.82, 2.24) is 4.90 Å². The molecule has 2 aromatic rings. The van der Waals surface area contributed by atoms with Crippen molar-refractivity contribution in [2.75, 3.05) is 20.2 Å². The van der Waals surface area contributed by atoms with Gasteiger partial charge in [-0.15, -0.1) is 0 Å². The molecule has 0 aliphatic heterocycles. The molecular weight excluding hydrogens is 300 g/mol. The molecule has 0 unspecified atom stereocenters. The first kappa shape index (κ1) is 18.0. The summed E-state index contributed by atoms with van der Waals surface area (Å²) in [5.74, 6) is 0.907. The van der Waals surface area contributed by atoms with Crippen LogP contribution in [0.15, 0.2) is 47.5 Å². The van der Waals surface area contributed by atoms with Crippen LogP contribution in [0.25, 0.3) is 0 Å². The Balaban J connectivity index is 1.97. The number of phenols is 1. The van der Waals surface area contributed by atoms with Gasteiger partial charge < -0.3 is 9.84 Å². The minimum absolute atomic E-state index is 0.203. The van der Waals surface area contributed by atoms with Crippen molar-refractivity contribution in [1.29, 1.82) is 0 Å². The first-order valence-electron chi connectivity index (χ1n) is 8.33. The highest BCUT2D eigenvalue weighted by atomic mass is 16.5. The van der Waals surface area contributed by atoms with E-state index in [-0.39, 0.29) is 5.75 Å². The Kier molecular flexibility index (Phi) is 6.82. The average molecular weight is 326 g/mol. The number of hydrogen-bond donors (Lipinski definition) is 1. The first-order chi connectivity index (χ1) is 11.7. The SMILES string of the molecule is CCN(CC)Cc1ccc(CN=Cc2cc(OC)ccc2O)cc1. The third-order valence-electron chi connectivity index (χ3n) is 4.06. The van der Waals surface area contributed by atoms with Gasteiger partial charge in [-0.05, 0) is 42.4 Å². The molecule has 128 valence electrons. The van der Waals surface area contributed by atoms with Gasteiger partial charge in [0.25, 0.3) is 0 Å². The molecule has 0 aliphatic carbocycles. The van der Waals surface area contributed by atoms with Gasteiger partial charge >= 0.3 is 0 Å². The van der Waals surface area contributed by atoms with Crippen LogP contribution in [-0.4, -0.2) is 36.4 Å². The number of nitrogens with zero attached hydrogens (tertiary/aromatic N) is 2. The maximum atomic E-state index is 9.84. The molecule has 0 spiro atoms. The van der Waals surface area contributed by atoms with Gasteiger partial charge in [0.2, 0.25) is 0 Å². The zero-order valence-electron chi connectivity index (χ0n) is 14.7. The molecule has 0 radical (unpaired) electrons. The summed E-state index contributed by atoms with van der Waals surface area (Å²) in [6.07, 6.45) is 1.68. The van der Waals surface area contributed by atoms with Crippen molar-refractivity contribution in [3.05, 3.63) is 59.2 Å². The Hall–Kier alpha value is -2.33. The minimum Gasteiger partial charge on any atom is -0.507 e. The monoisotopic (exact) mass is 326 g/mol. The van der Waals surface area contributed by atoms with E-state index in [1.807, 2.05) is 0 Å². The lowest BCUT2D eigenvalue weighted by molar-refractivity contribution is 0.296. The molecule has 0 aromatic heterocycles. The molecule has 2 aromatic carbocycles. The number of methoxy groups -OCH3 is 1. The Morgan fingerprint density at radius 3 is 2.33 bits per heavy atom. The van der Waals surface area contributed by atoms with Crippen LogP contribution in [0.5, 0.6) is 11.5 Å². The third kappa shape index (κ3) is 5.10. The molecule has 2 rings (SSSR count). The largest absolute Gasteiger partial charge is 0.507 e. The number of ether oxygens (including phenoxy) is 1. The average Bonchev–Trinajstić information content (AvgIpc) is 2.62. The molecule has 4 heteroatoms. The summed E-state index contributed by atoms with van der Waals surface area (Å²) in [6.45, 7) is 8.05. The standard InChI is InChI=1S/C20H26N2O2/c1-4-22(5-2)15-17-8-6-16(7-9-17)13-21-14-18-12-19(24-3)10-11-20(18)23/h6-12,14,23H,4-5,13,15H2,1-3H3. The topological polar surface area (TPSA) is 45.1 Å². The van der Waals surface area contributed by atoms with Gasteiger partial charge in [0.15, 0.2) is 0 Å². The smallest absolute Gasteiger partial charge is 0.124 e. The lowest BCUT2D eigenvalue weighted by atomic mass is 10.1. The molecule has 0 saturated heterocycles. The fraction of sp³-hybridized carbons (Fsp3) is 0.350. The molecular formula is C20H26N2O2. The molecule has 0 atom stereocenters. The molecule has 24 heavy (non-hydrogen) atoms. The molecule has 1 N–H and O–H groups in total. The quantitative estimate of drug-likeness (QED) is 0.749. The normalized spacial score (nSPS) is 11.3. The molecule has 0 bridgehead atoms. The van der Waals surface area contributed by atoms with Crippen LogP contribution in [0.2, 0.25) is 0 Å². The molecule has 0 aliphatic rings. The van der Waals surface area contributed by atoms with Gasteiger partial charge in [-0.3, -0.25) is 9.89 Å². The van der Waals surface area contributed by atoms with Gasteiger partial charge in [-0.25, -0.2) is 0 Å². The Bertz CT molecular complexity index is 662. The zero-order chi connectivity index (χ0) is 17.4. The van der Waals surface area contributed by atoms with E-state index < -0.39 is 0 Å². The zero-order valence-corrected chi connectivity index (χ0v) is 14.7. The second kappa shape index (κ2) is 9.08. The van der Waals surface area contributed by atoms with E-state index in [9.17, 15) is 5.11 Å². The maximum Gasteiger partial charge on any atom is 0.124 e. The van der Waals surface area contributed by atoms with Crippen molar-refractivity contribution in [3.63, 3.8) is 0 Å². The highest BCUT2D eigenvalue weighted by molar-refractivity contribution is 5.84. The molecule has 0 fully saturated rings. The summed E-state index contributed by atoms with van der Waals surface area (Å²) in [5, 5.41) is 9.84. The second-order valence-electron chi connectivity index (χ2n) is 5.67. The summed E-state index contributed by atoms with van der Waals surface area (Å²) >= 11 is 0. The Morgan fingerprint density at radius 2 is 1.71 bits per heavy atom. The van der Waals surface area contributed by atoms with E-state index in [1.165, 1.54) is 5.56 Å². The number of phenolic OH excluding ortho intramolecular Hbond substituents is 1. The summed E-state index contributed by atoms with van der Waals surface area (Å²) in [6, 6.07) is 13.6.